The molecule has 8 nitrogen and oxygen atoms in total. The van der Waals surface area contributed by atoms with Gasteiger partial charge in [-0.2, -0.15) is 4.68 Å². The molecular weight excluding hydrogens is 358 g/mol. The van der Waals surface area contributed by atoms with Gasteiger partial charge in [-0.05, 0) is 31.4 Å². The number of halogens is 2. The highest BCUT2D eigenvalue weighted by Gasteiger charge is 2.20. The third-order valence-corrected chi connectivity index (χ3v) is 4.58. The van der Waals surface area contributed by atoms with Crippen LogP contribution in [0.25, 0.3) is 16.9 Å². The average molecular weight is 374 g/mol. The molecule has 0 radical (unpaired) electrons. The van der Waals surface area contributed by atoms with E-state index in [9.17, 15) is 18.4 Å². The Hall–Kier alpha value is -3.17. The zero-order chi connectivity index (χ0) is 19.0. The number of nitrogens with zero attached hydrogens (tertiary/aromatic N) is 6. The Bertz CT molecular complexity index is 1070. The van der Waals surface area contributed by atoms with Gasteiger partial charge in [-0.15, -0.1) is 5.10 Å². The summed E-state index contributed by atoms with van der Waals surface area (Å²) in [6.07, 6.45) is 4.22. The number of hydrogen-bond donors (Lipinski definition) is 0. The van der Waals surface area contributed by atoms with Gasteiger partial charge in [0.15, 0.2) is 17.0 Å². The lowest BCUT2D eigenvalue weighted by Gasteiger charge is -2.26. The van der Waals surface area contributed by atoms with Crippen LogP contribution >= 0.6 is 0 Å². The quantitative estimate of drug-likeness (QED) is 0.689. The molecule has 3 aromatic rings. The number of rotatable bonds is 3. The molecule has 0 unspecified atom stereocenters. The standard InChI is InChI=1S/C17H16F2N6O2/c18-11-4-5-13(12(19)8-11)25-16-15(21-22-25)17(27)24(10-20-16)9-14(26)23-6-2-1-3-7-23/h4-5,8,10H,1-3,6-7,9H2. The van der Waals surface area contributed by atoms with Crippen LogP contribution in [-0.4, -0.2) is 48.4 Å². The fourth-order valence-electron chi connectivity index (χ4n) is 3.16. The average Bonchev–Trinajstić information content (AvgIpc) is 3.09. The predicted octanol–water partition coefficient (Wildman–Crippen LogP) is 1.27. The van der Waals surface area contributed by atoms with Gasteiger partial charge >= 0.3 is 0 Å². The van der Waals surface area contributed by atoms with Crippen LogP contribution in [0, 0.1) is 11.6 Å². The van der Waals surface area contributed by atoms with E-state index in [1.807, 2.05) is 0 Å². The molecule has 0 atom stereocenters. The minimum Gasteiger partial charge on any atom is -0.341 e. The van der Waals surface area contributed by atoms with E-state index in [0.29, 0.717) is 19.2 Å². The van der Waals surface area contributed by atoms with Crippen LogP contribution in [0.5, 0.6) is 0 Å². The van der Waals surface area contributed by atoms with Gasteiger partial charge < -0.3 is 4.90 Å². The first-order valence-corrected chi connectivity index (χ1v) is 8.58. The smallest absolute Gasteiger partial charge is 0.284 e. The van der Waals surface area contributed by atoms with Crippen LogP contribution in [0.4, 0.5) is 8.78 Å². The monoisotopic (exact) mass is 374 g/mol. The van der Waals surface area contributed by atoms with Crippen LogP contribution in [0.2, 0.25) is 0 Å². The zero-order valence-corrected chi connectivity index (χ0v) is 14.3. The molecule has 1 amide bonds. The van der Waals surface area contributed by atoms with Crippen molar-refractivity contribution in [2.45, 2.75) is 25.8 Å². The van der Waals surface area contributed by atoms with Crippen molar-refractivity contribution in [1.82, 2.24) is 29.4 Å². The number of fused-ring (bicyclic) bond motifs is 1. The molecule has 3 heterocycles. The highest BCUT2D eigenvalue weighted by molar-refractivity contribution is 5.77. The second kappa shape index (κ2) is 6.86. The van der Waals surface area contributed by atoms with Gasteiger partial charge in [0, 0.05) is 19.2 Å². The second-order valence-electron chi connectivity index (χ2n) is 6.39. The number of amides is 1. The minimum absolute atomic E-state index is 0.0344. The summed E-state index contributed by atoms with van der Waals surface area (Å²) in [4.78, 5) is 30.8. The molecule has 1 saturated heterocycles. The Balaban J connectivity index is 1.67. The van der Waals surface area contributed by atoms with Crippen molar-refractivity contribution in [2.75, 3.05) is 13.1 Å². The van der Waals surface area contributed by atoms with E-state index in [0.717, 1.165) is 30.0 Å². The Morgan fingerprint density at radius 3 is 2.67 bits per heavy atom. The van der Waals surface area contributed by atoms with Gasteiger partial charge in [0.1, 0.15) is 24.4 Å². The van der Waals surface area contributed by atoms with Crippen molar-refractivity contribution in [3.63, 3.8) is 0 Å². The number of hydrogen-bond acceptors (Lipinski definition) is 5. The first-order chi connectivity index (χ1) is 13.0. The van der Waals surface area contributed by atoms with Crippen LogP contribution in [0.15, 0.2) is 29.3 Å². The topological polar surface area (TPSA) is 85.9 Å². The van der Waals surface area contributed by atoms with E-state index in [1.165, 1.54) is 17.0 Å². The van der Waals surface area contributed by atoms with Gasteiger partial charge in [-0.1, -0.05) is 5.21 Å². The molecule has 0 bridgehead atoms. The molecule has 1 fully saturated rings. The summed E-state index contributed by atoms with van der Waals surface area (Å²) >= 11 is 0. The summed E-state index contributed by atoms with van der Waals surface area (Å²) in [5, 5.41) is 7.53. The molecule has 0 aliphatic carbocycles. The third-order valence-electron chi connectivity index (χ3n) is 4.58. The molecule has 1 aliphatic heterocycles. The maximum atomic E-state index is 14.0. The maximum absolute atomic E-state index is 14.0. The highest BCUT2D eigenvalue weighted by Crippen LogP contribution is 2.17. The highest BCUT2D eigenvalue weighted by atomic mass is 19.1. The molecule has 1 aromatic carbocycles. The molecule has 0 spiro atoms. The van der Waals surface area contributed by atoms with Crippen LogP contribution in [-0.2, 0) is 11.3 Å². The fraction of sp³-hybridized carbons (Fsp3) is 0.353. The number of likely N-dealkylation sites (tertiary alicyclic amines) is 1. The van der Waals surface area contributed by atoms with Gasteiger partial charge in [-0.25, -0.2) is 13.8 Å². The number of carbonyl (C=O) groups excluding carboxylic acids is 1. The van der Waals surface area contributed by atoms with Crippen molar-refractivity contribution < 1.29 is 13.6 Å². The van der Waals surface area contributed by atoms with E-state index in [-0.39, 0.29) is 29.3 Å². The predicted molar refractivity (Wildman–Crippen MR) is 91.3 cm³/mol. The molecule has 0 N–H and O–H groups in total. The van der Waals surface area contributed by atoms with Crippen molar-refractivity contribution in [3.05, 3.63) is 46.5 Å². The molecule has 10 heteroatoms. The first-order valence-electron chi connectivity index (χ1n) is 8.58. The fourth-order valence-corrected chi connectivity index (χ4v) is 3.16. The van der Waals surface area contributed by atoms with Crippen molar-refractivity contribution in [2.24, 2.45) is 0 Å². The number of benzene rings is 1. The minimum atomic E-state index is -0.854. The first kappa shape index (κ1) is 17.3. The molecule has 1 aliphatic rings. The molecular formula is C17H16F2N6O2. The summed E-state index contributed by atoms with van der Waals surface area (Å²) in [6.45, 7) is 1.23. The zero-order valence-electron chi connectivity index (χ0n) is 14.3. The summed E-state index contributed by atoms with van der Waals surface area (Å²) in [5.74, 6) is -1.74. The van der Waals surface area contributed by atoms with E-state index in [2.05, 4.69) is 15.3 Å². The van der Waals surface area contributed by atoms with E-state index < -0.39 is 17.2 Å². The van der Waals surface area contributed by atoms with Crippen LogP contribution in [0.1, 0.15) is 19.3 Å². The van der Waals surface area contributed by atoms with Crippen molar-refractivity contribution in [1.29, 1.82) is 0 Å². The third kappa shape index (κ3) is 3.18. The summed E-state index contributed by atoms with van der Waals surface area (Å²) in [6, 6.07) is 2.97. The maximum Gasteiger partial charge on any atom is 0.284 e. The lowest BCUT2D eigenvalue weighted by molar-refractivity contribution is -0.132. The number of carbonyl (C=O) groups is 1. The number of piperidine rings is 1. The Morgan fingerprint density at radius 1 is 1.15 bits per heavy atom. The van der Waals surface area contributed by atoms with Gasteiger partial charge in [0.05, 0.1) is 0 Å². The second-order valence-corrected chi connectivity index (χ2v) is 6.39. The van der Waals surface area contributed by atoms with E-state index >= 15 is 0 Å². The lowest BCUT2D eigenvalue weighted by Crippen LogP contribution is -2.39. The van der Waals surface area contributed by atoms with Crippen LogP contribution < -0.4 is 5.56 Å². The molecule has 0 saturated carbocycles. The number of aromatic nitrogens is 5. The van der Waals surface area contributed by atoms with E-state index in [4.69, 9.17) is 0 Å². The lowest BCUT2D eigenvalue weighted by atomic mass is 10.1. The Labute approximate surface area is 152 Å². The molecule has 27 heavy (non-hydrogen) atoms. The van der Waals surface area contributed by atoms with Gasteiger partial charge in [-0.3, -0.25) is 14.2 Å². The summed E-state index contributed by atoms with van der Waals surface area (Å²) in [5.41, 5.74) is -0.674. The normalized spacial score (nSPS) is 14.7. The Kier molecular flexibility index (Phi) is 4.38. The Morgan fingerprint density at radius 2 is 1.93 bits per heavy atom. The van der Waals surface area contributed by atoms with Crippen LogP contribution in [0.3, 0.4) is 0 Å². The summed E-state index contributed by atoms with van der Waals surface area (Å²) in [7, 11) is 0. The van der Waals surface area contributed by atoms with Gasteiger partial charge in [0.25, 0.3) is 5.56 Å². The molecule has 140 valence electrons. The van der Waals surface area contributed by atoms with Gasteiger partial charge in [0.2, 0.25) is 5.91 Å². The van der Waals surface area contributed by atoms with Crippen molar-refractivity contribution in [3.8, 4) is 5.69 Å². The summed E-state index contributed by atoms with van der Waals surface area (Å²) < 4.78 is 29.3. The van der Waals surface area contributed by atoms with Crippen molar-refractivity contribution >= 4 is 17.1 Å². The largest absolute Gasteiger partial charge is 0.341 e. The molecule has 2 aromatic heterocycles. The molecule has 4 rings (SSSR count). The SMILES string of the molecule is O=C(Cn1cnc2c(nnn2-c2ccc(F)cc2F)c1=O)N1CCCCC1. The van der Waals surface area contributed by atoms with E-state index in [1.54, 1.807) is 4.90 Å².